The van der Waals surface area contributed by atoms with E-state index in [0.29, 0.717) is 5.88 Å². The molecular formula is C16H19NO2. The molecule has 19 heavy (non-hydrogen) atoms. The Morgan fingerprint density at radius 1 is 1.05 bits per heavy atom. The van der Waals surface area contributed by atoms with Crippen LogP contribution < -0.4 is 4.74 Å². The average Bonchev–Trinajstić information content (AvgIpc) is 2.42. The highest BCUT2D eigenvalue weighted by atomic mass is 16.5. The van der Waals surface area contributed by atoms with Gasteiger partial charge in [0.1, 0.15) is 6.10 Å². The fourth-order valence-electron chi connectivity index (χ4n) is 2.13. The van der Waals surface area contributed by atoms with Gasteiger partial charge in [-0.2, -0.15) is 0 Å². The Morgan fingerprint density at radius 3 is 2.32 bits per heavy atom. The summed E-state index contributed by atoms with van der Waals surface area (Å²) >= 11 is 0. The van der Waals surface area contributed by atoms with Crippen molar-refractivity contribution in [3.8, 4) is 5.88 Å². The number of aliphatic hydroxyl groups is 1. The first-order valence-electron chi connectivity index (χ1n) is 6.28. The maximum atomic E-state index is 10.5. The molecule has 0 bridgehead atoms. The zero-order valence-electron chi connectivity index (χ0n) is 11.8. The molecule has 100 valence electrons. The predicted molar refractivity (Wildman–Crippen MR) is 75.5 cm³/mol. The van der Waals surface area contributed by atoms with Crippen LogP contribution in [0.2, 0.25) is 0 Å². The Balaban J connectivity index is 2.37. The van der Waals surface area contributed by atoms with Gasteiger partial charge in [-0.15, -0.1) is 0 Å². The van der Waals surface area contributed by atoms with Gasteiger partial charge in [0.2, 0.25) is 5.88 Å². The second-order valence-electron chi connectivity index (χ2n) is 4.83. The summed E-state index contributed by atoms with van der Waals surface area (Å²) in [6.45, 7) is 6.15. The van der Waals surface area contributed by atoms with E-state index in [4.69, 9.17) is 4.74 Å². The Kier molecular flexibility index (Phi) is 3.86. The van der Waals surface area contributed by atoms with Crippen molar-refractivity contribution in [1.82, 2.24) is 4.98 Å². The normalized spacial score (nSPS) is 12.3. The molecule has 0 aliphatic heterocycles. The van der Waals surface area contributed by atoms with Gasteiger partial charge in [0.25, 0.3) is 0 Å². The summed E-state index contributed by atoms with van der Waals surface area (Å²) in [4.78, 5) is 4.13. The Labute approximate surface area is 113 Å². The smallest absolute Gasteiger partial charge is 0.212 e. The number of rotatable bonds is 3. The van der Waals surface area contributed by atoms with Crippen molar-refractivity contribution in [3.05, 3.63) is 58.3 Å². The minimum Gasteiger partial charge on any atom is -0.481 e. The fourth-order valence-corrected chi connectivity index (χ4v) is 2.13. The number of methoxy groups -OCH3 is 1. The molecule has 1 heterocycles. The number of pyridine rings is 1. The second-order valence-corrected chi connectivity index (χ2v) is 4.83. The lowest BCUT2D eigenvalue weighted by molar-refractivity contribution is 0.218. The van der Waals surface area contributed by atoms with Gasteiger partial charge >= 0.3 is 0 Å². The van der Waals surface area contributed by atoms with Gasteiger partial charge in [0.05, 0.1) is 7.11 Å². The van der Waals surface area contributed by atoms with Crippen LogP contribution >= 0.6 is 0 Å². The van der Waals surface area contributed by atoms with Crippen molar-refractivity contribution in [2.24, 2.45) is 0 Å². The van der Waals surface area contributed by atoms with Crippen LogP contribution in [0, 0.1) is 20.8 Å². The van der Waals surface area contributed by atoms with E-state index in [1.807, 2.05) is 19.1 Å². The highest BCUT2D eigenvalue weighted by molar-refractivity contribution is 5.41. The van der Waals surface area contributed by atoms with E-state index in [1.54, 1.807) is 19.4 Å². The number of nitrogens with zero attached hydrogens (tertiary/aromatic N) is 1. The topological polar surface area (TPSA) is 42.4 Å². The highest BCUT2D eigenvalue weighted by Gasteiger charge is 2.14. The van der Waals surface area contributed by atoms with E-state index in [9.17, 15) is 5.11 Å². The lowest BCUT2D eigenvalue weighted by atomic mass is 9.94. The van der Waals surface area contributed by atoms with Crippen molar-refractivity contribution in [2.75, 3.05) is 7.11 Å². The summed E-state index contributed by atoms with van der Waals surface area (Å²) in [5, 5.41) is 10.5. The van der Waals surface area contributed by atoms with Crippen LogP contribution in [0.4, 0.5) is 0 Å². The van der Waals surface area contributed by atoms with E-state index in [0.717, 1.165) is 16.7 Å². The molecule has 1 aromatic carbocycles. The second kappa shape index (κ2) is 5.41. The van der Waals surface area contributed by atoms with Gasteiger partial charge in [0, 0.05) is 17.8 Å². The Morgan fingerprint density at radius 2 is 1.74 bits per heavy atom. The van der Waals surface area contributed by atoms with Gasteiger partial charge in [-0.25, -0.2) is 4.98 Å². The van der Waals surface area contributed by atoms with Crippen LogP contribution in [0.25, 0.3) is 0 Å². The van der Waals surface area contributed by atoms with Crippen molar-refractivity contribution in [3.63, 3.8) is 0 Å². The highest BCUT2D eigenvalue weighted by Crippen LogP contribution is 2.27. The SMILES string of the molecule is COc1ccc(C(O)c2cc(C)c(C)cc2C)cn1. The maximum absolute atomic E-state index is 10.5. The summed E-state index contributed by atoms with van der Waals surface area (Å²) in [7, 11) is 1.58. The summed E-state index contributed by atoms with van der Waals surface area (Å²) in [6, 6.07) is 7.74. The largest absolute Gasteiger partial charge is 0.481 e. The maximum Gasteiger partial charge on any atom is 0.212 e. The van der Waals surface area contributed by atoms with E-state index < -0.39 is 6.10 Å². The molecule has 0 saturated heterocycles. The molecule has 0 saturated carbocycles. The molecule has 0 aliphatic rings. The third kappa shape index (κ3) is 2.76. The molecule has 1 unspecified atom stereocenters. The molecule has 0 radical (unpaired) electrons. The zero-order valence-corrected chi connectivity index (χ0v) is 11.8. The number of aromatic nitrogens is 1. The predicted octanol–water partition coefficient (Wildman–Crippen LogP) is 3.10. The van der Waals surface area contributed by atoms with E-state index in [1.165, 1.54) is 11.1 Å². The fraction of sp³-hybridized carbons (Fsp3) is 0.312. The van der Waals surface area contributed by atoms with Crippen molar-refractivity contribution in [1.29, 1.82) is 0 Å². The molecule has 2 rings (SSSR count). The molecule has 0 fully saturated rings. The molecule has 0 aliphatic carbocycles. The summed E-state index contributed by atoms with van der Waals surface area (Å²) in [5.74, 6) is 0.549. The Hall–Kier alpha value is -1.87. The number of hydrogen-bond acceptors (Lipinski definition) is 3. The number of ether oxygens (including phenoxy) is 1. The van der Waals surface area contributed by atoms with Gasteiger partial charge in [-0.3, -0.25) is 0 Å². The van der Waals surface area contributed by atoms with E-state index in [-0.39, 0.29) is 0 Å². The van der Waals surface area contributed by atoms with Crippen LogP contribution in [0.3, 0.4) is 0 Å². The molecule has 0 amide bonds. The first-order chi connectivity index (χ1) is 9.02. The van der Waals surface area contributed by atoms with Crippen LogP contribution in [0.15, 0.2) is 30.5 Å². The lowest BCUT2D eigenvalue weighted by Crippen LogP contribution is -2.04. The molecule has 1 aromatic heterocycles. The standard InChI is InChI=1S/C16H19NO2/c1-10-7-12(3)14(8-11(10)2)16(18)13-5-6-15(19-4)17-9-13/h5-9,16,18H,1-4H3. The number of hydrogen-bond donors (Lipinski definition) is 1. The van der Waals surface area contributed by atoms with Crippen molar-refractivity contribution >= 4 is 0 Å². The van der Waals surface area contributed by atoms with E-state index in [2.05, 4.69) is 24.9 Å². The molecule has 3 heteroatoms. The number of aryl methyl sites for hydroxylation is 3. The molecule has 2 aromatic rings. The first kappa shape index (κ1) is 13.6. The Bertz CT molecular complexity index is 576. The van der Waals surface area contributed by atoms with Gasteiger partial charge in [0.15, 0.2) is 0 Å². The van der Waals surface area contributed by atoms with Gasteiger partial charge in [-0.1, -0.05) is 12.1 Å². The quantitative estimate of drug-likeness (QED) is 0.918. The summed E-state index contributed by atoms with van der Waals surface area (Å²) in [5.41, 5.74) is 5.20. The minimum atomic E-state index is -0.655. The minimum absolute atomic E-state index is 0.549. The molecule has 3 nitrogen and oxygen atoms in total. The number of aliphatic hydroxyl groups excluding tert-OH is 1. The van der Waals surface area contributed by atoms with Crippen LogP contribution in [-0.2, 0) is 0 Å². The molecule has 1 N–H and O–H groups in total. The van der Waals surface area contributed by atoms with Crippen LogP contribution in [0.1, 0.15) is 33.9 Å². The lowest BCUT2D eigenvalue weighted by Gasteiger charge is -2.16. The molecule has 1 atom stereocenters. The van der Waals surface area contributed by atoms with Crippen LogP contribution in [0.5, 0.6) is 5.88 Å². The van der Waals surface area contributed by atoms with E-state index >= 15 is 0 Å². The summed E-state index contributed by atoms with van der Waals surface area (Å²) < 4.78 is 5.02. The van der Waals surface area contributed by atoms with Gasteiger partial charge in [-0.05, 0) is 49.1 Å². The average molecular weight is 257 g/mol. The monoisotopic (exact) mass is 257 g/mol. The van der Waals surface area contributed by atoms with Crippen LogP contribution in [-0.4, -0.2) is 17.2 Å². The van der Waals surface area contributed by atoms with Crippen molar-refractivity contribution < 1.29 is 9.84 Å². The molecular weight excluding hydrogens is 238 g/mol. The number of benzene rings is 1. The van der Waals surface area contributed by atoms with Crippen molar-refractivity contribution in [2.45, 2.75) is 26.9 Å². The third-order valence-corrected chi connectivity index (χ3v) is 3.46. The first-order valence-corrected chi connectivity index (χ1v) is 6.28. The zero-order chi connectivity index (χ0) is 14.0. The summed E-state index contributed by atoms with van der Waals surface area (Å²) in [6.07, 6.45) is 0.996. The molecule has 0 spiro atoms. The third-order valence-electron chi connectivity index (χ3n) is 3.46. The van der Waals surface area contributed by atoms with Gasteiger partial charge < -0.3 is 9.84 Å².